The monoisotopic (exact) mass is 285 g/mol. The van der Waals surface area contributed by atoms with Gasteiger partial charge in [0.1, 0.15) is 17.5 Å². The van der Waals surface area contributed by atoms with Crippen LogP contribution < -0.4 is 10.6 Å². The molecule has 0 aliphatic rings. The Bertz CT molecular complexity index is 589. The molecule has 2 rings (SSSR count). The van der Waals surface area contributed by atoms with Gasteiger partial charge >= 0.3 is 0 Å². The first-order valence-corrected chi connectivity index (χ1v) is 7.20. The van der Waals surface area contributed by atoms with E-state index in [1.807, 2.05) is 24.3 Å². The van der Waals surface area contributed by atoms with Crippen LogP contribution in [0.25, 0.3) is 0 Å². The lowest BCUT2D eigenvalue weighted by atomic mass is 9.96. The van der Waals surface area contributed by atoms with Crippen molar-refractivity contribution >= 4 is 11.6 Å². The topological polar surface area (TPSA) is 67.9 Å². The zero-order valence-corrected chi connectivity index (χ0v) is 13.2. The summed E-state index contributed by atoms with van der Waals surface area (Å²) in [5, 5.41) is 0. The van der Waals surface area contributed by atoms with Gasteiger partial charge in [0.2, 0.25) is 0 Å². The van der Waals surface area contributed by atoms with Crippen molar-refractivity contribution in [2.24, 2.45) is 0 Å². The summed E-state index contributed by atoms with van der Waals surface area (Å²) in [4.78, 5) is 15.6. The van der Waals surface area contributed by atoms with Crippen molar-refractivity contribution in [2.45, 2.75) is 39.7 Å². The molecule has 5 heteroatoms. The molecule has 112 valence electrons. The van der Waals surface area contributed by atoms with Crippen molar-refractivity contribution in [3.63, 3.8) is 0 Å². The molecule has 2 heterocycles. The molecule has 2 aromatic rings. The van der Waals surface area contributed by atoms with Crippen LogP contribution in [-0.4, -0.2) is 21.5 Å². The van der Waals surface area contributed by atoms with Gasteiger partial charge in [0, 0.05) is 24.2 Å². The van der Waals surface area contributed by atoms with Crippen molar-refractivity contribution < 1.29 is 0 Å². The number of hydrogen-bond donors (Lipinski definition) is 1. The highest BCUT2D eigenvalue weighted by atomic mass is 15.2. The number of aromatic nitrogens is 3. The minimum atomic E-state index is -0.130. The molecule has 0 bridgehead atoms. The van der Waals surface area contributed by atoms with E-state index >= 15 is 0 Å². The Labute approximate surface area is 126 Å². The van der Waals surface area contributed by atoms with Gasteiger partial charge in [-0.15, -0.1) is 0 Å². The first-order valence-electron chi connectivity index (χ1n) is 7.20. The number of hydrogen-bond acceptors (Lipinski definition) is 5. The fourth-order valence-corrected chi connectivity index (χ4v) is 1.99. The molecular weight excluding hydrogens is 262 g/mol. The Morgan fingerprint density at radius 1 is 1.19 bits per heavy atom. The summed E-state index contributed by atoms with van der Waals surface area (Å²) in [7, 11) is 0. The molecule has 2 aromatic heterocycles. The van der Waals surface area contributed by atoms with Crippen LogP contribution in [0, 0.1) is 0 Å². The van der Waals surface area contributed by atoms with Gasteiger partial charge in [0.25, 0.3) is 0 Å². The van der Waals surface area contributed by atoms with Gasteiger partial charge in [-0.05, 0) is 19.1 Å². The summed E-state index contributed by atoms with van der Waals surface area (Å²) in [6.45, 7) is 9.88. The summed E-state index contributed by atoms with van der Waals surface area (Å²) in [6.07, 6.45) is 1.80. The highest BCUT2D eigenvalue weighted by Gasteiger charge is 2.20. The van der Waals surface area contributed by atoms with Crippen molar-refractivity contribution in [1.82, 2.24) is 15.0 Å². The van der Waals surface area contributed by atoms with Gasteiger partial charge in [-0.25, -0.2) is 9.97 Å². The Morgan fingerprint density at radius 3 is 2.52 bits per heavy atom. The molecule has 21 heavy (non-hydrogen) atoms. The maximum Gasteiger partial charge on any atom is 0.138 e. The molecule has 0 aromatic carbocycles. The molecule has 0 atom stereocenters. The Balaban J connectivity index is 2.32. The second kappa shape index (κ2) is 6.08. The van der Waals surface area contributed by atoms with Crippen molar-refractivity contribution in [3.8, 4) is 0 Å². The lowest BCUT2D eigenvalue weighted by molar-refractivity contribution is 0.545. The third-order valence-electron chi connectivity index (χ3n) is 3.19. The molecule has 0 saturated carbocycles. The fourth-order valence-electron chi connectivity index (χ4n) is 1.99. The zero-order valence-electron chi connectivity index (χ0n) is 13.2. The summed E-state index contributed by atoms with van der Waals surface area (Å²) < 4.78 is 0. The molecule has 2 N–H and O–H groups in total. The van der Waals surface area contributed by atoms with E-state index in [9.17, 15) is 0 Å². The number of nitrogens with zero attached hydrogens (tertiary/aromatic N) is 4. The van der Waals surface area contributed by atoms with Gasteiger partial charge < -0.3 is 10.6 Å². The predicted molar refractivity (Wildman–Crippen MR) is 86.1 cm³/mol. The maximum atomic E-state index is 5.95. The Kier molecular flexibility index (Phi) is 4.40. The Morgan fingerprint density at radius 2 is 1.95 bits per heavy atom. The second-order valence-electron chi connectivity index (χ2n) is 6.06. The molecule has 0 aliphatic heterocycles. The molecule has 0 aliphatic carbocycles. The molecule has 0 unspecified atom stereocenters. The number of pyridine rings is 1. The molecule has 0 spiro atoms. The standard InChI is InChI=1S/C16H23N5/c1-5-21(11-12-8-6-7-9-18-12)14-10-13(17)19-15(20-14)16(2,3)4/h6-10H,5,11H2,1-4H3,(H2,17,19,20). The highest BCUT2D eigenvalue weighted by molar-refractivity contribution is 5.47. The molecule has 0 saturated heterocycles. The van der Waals surface area contributed by atoms with Gasteiger partial charge in [0.05, 0.1) is 12.2 Å². The van der Waals surface area contributed by atoms with Crippen molar-refractivity contribution in [2.75, 3.05) is 17.2 Å². The van der Waals surface area contributed by atoms with Crippen LogP contribution >= 0.6 is 0 Å². The lowest BCUT2D eigenvalue weighted by Crippen LogP contribution is -2.26. The van der Waals surface area contributed by atoms with Gasteiger partial charge in [0.15, 0.2) is 0 Å². The van der Waals surface area contributed by atoms with Crippen LogP contribution in [0.4, 0.5) is 11.6 Å². The summed E-state index contributed by atoms with van der Waals surface area (Å²) in [5.41, 5.74) is 6.83. The van der Waals surface area contributed by atoms with E-state index in [0.717, 1.165) is 23.9 Å². The summed E-state index contributed by atoms with van der Waals surface area (Å²) in [5.74, 6) is 2.11. The average Bonchev–Trinajstić information content (AvgIpc) is 2.44. The van der Waals surface area contributed by atoms with E-state index in [2.05, 4.69) is 47.5 Å². The lowest BCUT2D eigenvalue weighted by Gasteiger charge is -2.24. The zero-order chi connectivity index (χ0) is 15.5. The second-order valence-corrected chi connectivity index (χ2v) is 6.06. The molecule has 0 amide bonds. The van der Waals surface area contributed by atoms with Crippen molar-refractivity contribution in [1.29, 1.82) is 0 Å². The van der Waals surface area contributed by atoms with E-state index in [1.165, 1.54) is 0 Å². The average molecular weight is 285 g/mol. The third-order valence-corrected chi connectivity index (χ3v) is 3.19. The molecule has 0 fully saturated rings. The number of nitrogen functional groups attached to an aromatic ring is 1. The van der Waals surface area contributed by atoms with E-state index in [1.54, 1.807) is 6.20 Å². The number of rotatable bonds is 4. The van der Waals surface area contributed by atoms with Gasteiger partial charge in [-0.3, -0.25) is 4.98 Å². The SMILES string of the molecule is CCN(Cc1ccccn1)c1cc(N)nc(C(C)(C)C)n1. The van der Waals surface area contributed by atoms with Crippen LogP contribution in [0.3, 0.4) is 0 Å². The quantitative estimate of drug-likeness (QED) is 0.935. The first kappa shape index (κ1) is 15.2. The molecule has 0 radical (unpaired) electrons. The number of nitrogens with two attached hydrogens (primary N) is 1. The van der Waals surface area contributed by atoms with E-state index in [4.69, 9.17) is 5.73 Å². The smallest absolute Gasteiger partial charge is 0.138 e. The van der Waals surface area contributed by atoms with Crippen molar-refractivity contribution in [3.05, 3.63) is 42.0 Å². The van der Waals surface area contributed by atoms with Crippen LogP contribution in [0.2, 0.25) is 0 Å². The first-order chi connectivity index (χ1) is 9.90. The van der Waals surface area contributed by atoms with Gasteiger partial charge in [-0.1, -0.05) is 26.8 Å². The van der Waals surface area contributed by atoms with Crippen LogP contribution in [0.5, 0.6) is 0 Å². The van der Waals surface area contributed by atoms with Crippen LogP contribution in [-0.2, 0) is 12.0 Å². The minimum absolute atomic E-state index is 0.130. The Hall–Kier alpha value is -2.17. The van der Waals surface area contributed by atoms with Gasteiger partial charge in [-0.2, -0.15) is 0 Å². The summed E-state index contributed by atoms with van der Waals surface area (Å²) >= 11 is 0. The third kappa shape index (κ3) is 3.90. The number of anilines is 2. The van der Waals surface area contributed by atoms with E-state index < -0.39 is 0 Å². The fraction of sp³-hybridized carbons (Fsp3) is 0.438. The molecule has 5 nitrogen and oxygen atoms in total. The largest absolute Gasteiger partial charge is 0.384 e. The maximum absolute atomic E-state index is 5.95. The van der Waals surface area contributed by atoms with E-state index in [0.29, 0.717) is 12.4 Å². The minimum Gasteiger partial charge on any atom is -0.384 e. The van der Waals surface area contributed by atoms with E-state index in [-0.39, 0.29) is 5.41 Å². The summed E-state index contributed by atoms with van der Waals surface area (Å²) in [6, 6.07) is 7.74. The molecular formula is C16H23N5. The predicted octanol–water partition coefficient (Wildman–Crippen LogP) is 2.78. The van der Waals surface area contributed by atoms with Crippen LogP contribution in [0.15, 0.2) is 30.5 Å². The highest BCUT2D eigenvalue weighted by Crippen LogP contribution is 2.23. The normalized spacial score (nSPS) is 11.4. The van der Waals surface area contributed by atoms with Crippen LogP contribution in [0.1, 0.15) is 39.2 Å².